The fraction of sp³-hybridized carbons (Fsp3) is 0.480. The van der Waals surface area contributed by atoms with E-state index in [9.17, 15) is 10.3 Å². The third-order valence-electron chi connectivity index (χ3n) is 7.94. The van der Waals surface area contributed by atoms with Crippen molar-refractivity contribution in [1.29, 1.82) is 0 Å². The average Bonchev–Trinajstić information content (AvgIpc) is 3.16. The number of pyridine rings is 1. The maximum Gasteiger partial charge on any atom is 0.160 e. The van der Waals surface area contributed by atoms with E-state index in [4.69, 9.17) is 9.57 Å². The van der Waals surface area contributed by atoms with Crippen LogP contribution in [-0.2, 0) is 11.4 Å². The topological polar surface area (TPSA) is 96.5 Å². The Balaban J connectivity index is 1.52. The molecule has 3 aliphatic rings. The summed E-state index contributed by atoms with van der Waals surface area (Å²) in [4.78, 5) is 9.79. The maximum atomic E-state index is 10.5. The lowest BCUT2D eigenvalue weighted by atomic mass is 9.55. The van der Waals surface area contributed by atoms with Crippen LogP contribution in [0.5, 0.6) is 11.5 Å². The molecule has 0 aliphatic heterocycles. The van der Waals surface area contributed by atoms with Crippen molar-refractivity contribution in [2.75, 3.05) is 7.11 Å². The monoisotopic (exact) mass is 435 g/mol. The van der Waals surface area contributed by atoms with Gasteiger partial charge in [-0.2, -0.15) is 0 Å². The minimum Gasteiger partial charge on any atom is -0.504 e. The number of aromatic nitrogens is 1. The molecular formula is C25H29N3O4. The molecule has 2 N–H and O–H groups in total. The Morgan fingerprint density at radius 2 is 2.03 bits per heavy atom. The van der Waals surface area contributed by atoms with Gasteiger partial charge in [-0.25, -0.2) is 0 Å². The standard InChI is InChI=1S/C25H29N3O4/c1-25-8-5-16-17-13-23(31-2)22(29)12-19(17)21(28-32-14-15-6-9-26-10-7-15)11-18(16)20(25)3-4-24(25)27-30/h6-7,9-10,12-13,16,18,20,29-30H,3-5,8,11,14H2,1-2H3/b27-24+,28-21+/t16-,18-,20+,25+/m1/s1. The van der Waals surface area contributed by atoms with Crippen molar-refractivity contribution < 1.29 is 19.9 Å². The predicted octanol–water partition coefficient (Wildman–Crippen LogP) is 4.86. The number of oxime groups is 2. The zero-order chi connectivity index (χ0) is 22.3. The summed E-state index contributed by atoms with van der Waals surface area (Å²) < 4.78 is 5.43. The zero-order valence-corrected chi connectivity index (χ0v) is 18.5. The average molecular weight is 436 g/mol. The molecule has 1 aromatic carbocycles. The number of rotatable bonds is 4. The molecule has 3 aliphatic carbocycles. The Labute approximate surface area is 187 Å². The molecule has 168 valence electrons. The van der Waals surface area contributed by atoms with Crippen LogP contribution in [0.1, 0.15) is 61.6 Å². The molecule has 2 aromatic rings. The fourth-order valence-electron chi connectivity index (χ4n) is 6.30. The van der Waals surface area contributed by atoms with Crippen molar-refractivity contribution in [1.82, 2.24) is 4.98 Å². The smallest absolute Gasteiger partial charge is 0.160 e. The normalized spacial score (nSPS) is 31.1. The molecule has 0 amide bonds. The first kappa shape index (κ1) is 20.8. The van der Waals surface area contributed by atoms with Gasteiger partial charge < -0.3 is 19.9 Å². The van der Waals surface area contributed by atoms with Gasteiger partial charge in [-0.15, -0.1) is 0 Å². The number of hydrogen-bond donors (Lipinski definition) is 2. The van der Waals surface area contributed by atoms with Gasteiger partial charge in [0.05, 0.1) is 18.5 Å². The molecule has 1 aromatic heterocycles. The van der Waals surface area contributed by atoms with Crippen LogP contribution < -0.4 is 4.74 Å². The van der Waals surface area contributed by atoms with E-state index >= 15 is 0 Å². The second-order valence-electron chi connectivity index (χ2n) is 9.40. The van der Waals surface area contributed by atoms with Crippen molar-refractivity contribution in [2.24, 2.45) is 27.6 Å². The number of benzene rings is 1. The molecule has 7 nitrogen and oxygen atoms in total. The molecular weight excluding hydrogens is 406 g/mol. The molecule has 0 spiro atoms. The number of methoxy groups -OCH3 is 1. The Morgan fingerprint density at radius 3 is 2.78 bits per heavy atom. The highest BCUT2D eigenvalue weighted by Gasteiger charge is 2.54. The predicted molar refractivity (Wildman–Crippen MR) is 120 cm³/mol. The summed E-state index contributed by atoms with van der Waals surface area (Å²) in [6.07, 6.45) is 8.11. The molecule has 2 fully saturated rings. The van der Waals surface area contributed by atoms with E-state index < -0.39 is 0 Å². The van der Waals surface area contributed by atoms with E-state index in [1.807, 2.05) is 18.2 Å². The largest absolute Gasteiger partial charge is 0.504 e. The van der Waals surface area contributed by atoms with Crippen molar-refractivity contribution in [3.63, 3.8) is 0 Å². The van der Waals surface area contributed by atoms with Crippen LogP contribution in [0.25, 0.3) is 0 Å². The lowest BCUT2D eigenvalue weighted by Crippen LogP contribution is -2.43. The lowest BCUT2D eigenvalue weighted by molar-refractivity contribution is 0.103. The third kappa shape index (κ3) is 3.31. The number of hydrogen-bond acceptors (Lipinski definition) is 7. The minimum absolute atomic E-state index is 0.0720. The SMILES string of the molecule is COc1cc2c(cc1O)/C(=N/OCc1ccncc1)C[C@@H]1[C@@H]2CC[C@]2(C)/C(=N/O)CC[C@@H]12. The Morgan fingerprint density at radius 1 is 1.22 bits per heavy atom. The molecule has 1 heterocycles. The molecule has 0 saturated heterocycles. The van der Waals surface area contributed by atoms with Gasteiger partial charge >= 0.3 is 0 Å². The van der Waals surface area contributed by atoms with Crippen molar-refractivity contribution >= 4 is 11.4 Å². The molecule has 2 saturated carbocycles. The highest BCUT2D eigenvalue weighted by Crippen LogP contribution is 2.60. The first-order valence-corrected chi connectivity index (χ1v) is 11.3. The lowest BCUT2D eigenvalue weighted by Gasteiger charge is -2.48. The van der Waals surface area contributed by atoms with Crippen molar-refractivity contribution in [2.45, 2.75) is 51.6 Å². The molecule has 4 atom stereocenters. The van der Waals surface area contributed by atoms with Gasteiger partial charge in [-0.3, -0.25) is 4.98 Å². The molecule has 32 heavy (non-hydrogen) atoms. The zero-order valence-electron chi connectivity index (χ0n) is 18.5. The molecule has 0 bridgehead atoms. The molecule has 0 radical (unpaired) electrons. The van der Waals surface area contributed by atoms with E-state index in [2.05, 4.69) is 22.2 Å². The number of fused-ring (bicyclic) bond motifs is 5. The number of ether oxygens (including phenoxy) is 1. The Bertz CT molecular complexity index is 1070. The van der Waals surface area contributed by atoms with Crippen LogP contribution in [0, 0.1) is 17.3 Å². The van der Waals surface area contributed by atoms with E-state index in [0.29, 0.717) is 30.1 Å². The van der Waals surface area contributed by atoms with Crippen LogP contribution in [0.4, 0.5) is 0 Å². The second kappa shape index (κ2) is 8.11. The van der Waals surface area contributed by atoms with Gasteiger partial charge in [-0.1, -0.05) is 17.2 Å². The number of nitrogens with zero attached hydrogens (tertiary/aromatic N) is 3. The Kier molecular flexibility index (Phi) is 5.27. The maximum absolute atomic E-state index is 10.5. The fourth-order valence-corrected chi connectivity index (χ4v) is 6.30. The number of aromatic hydroxyl groups is 1. The van der Waals surface area contributed by atoms with E-state index in [0.717, 1.165) is 54.7 Å². The summed E-state index contributed by atoms with van der Waals surface area (Å²) in [5, 5.41) is 28.3. The first-order chi connectivity index (χ1) is 15.5. The first-order valence-electron chi connectivity index (χ1n) is 11.3. The number of phenolic OH excluding ortho intramolecular Hbond substituents is 1. The van der Waals surface area contributed by atoms with E-state index in [1.54, 1.807) is 25.6 Å². The van der Waals surface area contributed by atoms with Crippen LogP contribution >= 0.6 is 0 Å². The molecule has 0 unspecified atom stereocenters. The van der Waals surface area contributed by atoms with E-state index in [1.165, 1.54) is 5.56 Å². The summed E-state index contributed by atoms with van der Waals surface area (Å²) in [5.74, 6) is 1.75. The van der Waals surface area contributed by atoms with Gasteiger partial charge in [0.25, 0.3) is 0 Å². The van der Waals surface area contributed by atoms with Gasteiger partial charge in [0.15, 0.2) is 11.5 Å². The summed E-state index contributed by atoms with van der Waals surface area (Å²) >= 11 is 0. The summed E-state index contributed by atoms with van der Waals surface area (Å²) in [6.45, 7) is 2.61. The minimum atomic E-state index is -0.0720. The van der Waals surface area contributed by atoms with Gasteiger partial charge in [0, 0.05) is 23.4 Å². The quantitative estimate of drug-likeness (QED) is 0.528. The summed E-state index contributed by atoms with van der Waals surface area (Å²) in [7, 11) is 1.58. The van der Waals surface area contributed by atoms with Crippen LogP contribution in [-0.4, -0.2) is 33.8 Å². The second-order valence-corrected chi connectivity index (χ2v) is 9.40. The Hall–Kier alpha value is -3.09. The molecule has 5 rings (SSSR count). The van der Waals surface area contributed by atoms with Crippen molar-refractivity contribution in [3.8, 4) is 11.5 Å². The van der Waals surface area contributed by atoms with Crippen LogP contribution in [0.3, 0.4) is 0 Å². The van der Waals surface area contributed by atoms with E-state index in [-0.39, 0.29) is 11.2 Å². The number of phenols is 1. The van der Waals surface area contributed by atoms with Gasteiger partial charge in [0.1, 0.15) is 6.61 Å². The third-order valence-corrected chi connectivity index (χ3v) is 7.94. The van der Waals surface area contributed by atoms with Crippen molar-refractivity contribution in [3.05, 3.63) is 53.3 Å². The molecule has 7 heteroatoms. The summed E-state index contributed by atoms with van der Waals surface area (Å²) in [5.41, 5.74) is 4.82. The highest BCUT2D eigenvalue weighted by molar-refractivity contribution is 6.04. The summed E-state index contributed by atoms with van der Waals surface area (Å²) in [6, 6.07) is 7.55. The van der Waals surface area contributed by atoms with Crippen LogP contribution in [0.15, 0.2) is 47.0 Å². The van der Waals surface area contributed by atoms with Gasteiger partial charge in [0.2, 0.25) is 0 Å². The highest BCUT2D eigenvalue weighted by atomic mass is 16.6. The van der Waals surface area contributed by atoms with Gasteiger partial charge in [-0.05, 0) is 85.3 Å². The van der Waals surface area contributed by atoms with Crippen LogP contribution in [0.2, 0.25) is 0 Å².